The van der Waals surface area contributed by atoms with Crippen molar-refractivity contribution >= 4 is 33.3 Å². The van der Waals surface area contributed by atoms with Crippen LogP contribution in [0, 0.1) is 0 Å². The second kappa shape index (κ2) is 6.97. The van der Waals surface area contributed by atoms with Crippen molar-refractivity contribution in [3.05, 3.63) is 59.8 Å². The lowest BCUT2D eigenvalue weighted by Gasteiger charge is -2.02. The fraction of sp³-hybridized carbons (Fsp3) is 0.105. The highest BCUT2D eigenvalue weighted by Crippen LogP contribution is 2.29. The molecule has 26 heavy (non-hydrogen) atoms. The summed E-state index contributed by atoms with van der Waals surface area (Å²) in [5, 5.41) is 5.92. The molecule has 0 spiro atoms. The van der Waals surface area contributed by atoms with Gasteiger partial charge in [0, 0.05) is 17.0 Å². The molecule has 0 bridgehead atoms. The van der Waals surface area contributed by atoms with Gasteiger partial charge in [0.05, 0.1) is 12.3 Å². The molecule has 0 radical (unpaired) electrons. The number of ether oxygens (including phenoxy) is 1. The summed E-state index contributed by atoms with van der Waals surface area (Å²) in [5.41, 5.74) is 2.04. The third kappa shape index (κ3) is 3.16. The van der Waals surface area contributed by atoms with E-state index in [-0.39, 0.29) is 11.7 Å². The third-order valence-electron chi connectivity index (χ3n) is 3.68. The van der Waals surface area contributed by atoms with Crippen molar-refractivity contribution in [2.24, 2.45) is 0 Å². The summed E-state index contributed by atoms with van der Waals surface area (Å²) in [6, 6.07) is 12.9. The van der Waals surface area contributed by atoms with E-state index in [4.69, 9.17) is 9.15 Å². The van der Waals surface area contributed by atoms with Gasteiger partial charge in [-0.25, -0.2) is 4.98 Å². The predicted molar refractivity (Wildman–Crippen MR) is 101 cm³/mol. The highest BCUT2D eigenvalue weighted by molar-refractivity contribution is 7.14. The van der Waals surface area contributed by atoms with E-state index in [1.807, 2.05) is 48.7 Å². The number of aromatic nitrogens is 2. The zero-order chi connectivity index (χ0) is 17.9. The van der Waals surface area contributed by atoms with Gasteiger partial charge in [-0.15, -0.1) is 11.3 Å². The fourth-order valence-corrected chi connectivity index (χ4v) is 3.24. The van der Waals surface area contributed by atoms with Crippen molar-refractivity contribution in [2.75, 3.05) is 11.9 Å². The molecule has 4 rings (SSSR count). The molecule has 0 aliphatic heterocycles. The molecule has 0 unspecified atom stereocenters. The first kappa shape index (κ1) is 16.3. The third-order valence-corrected chi connectivity index (χ3v) is 4.44. The van der Waals surface area contributed by atoms with Gasteiger partial charge >= 0.3 is 0 Å². The van der Waals surface area contributed by atoms with Crippen LogP contribution in [0.25, 0.3) is 22.4 Å². The van der Waals surface area contributed by atoms with E-state index >= 15 is 0 Å². The van der Waals surface area contributed by atoms with Crippen LogP contribution in [0.1, 0.15) is 17.5 Å². The molecule has 0 atom stereocenters. The van der Waals surface area contributed by atoms with Crippen molar-refractivity contribution in [1.29, 1.82) is 0 Å². The largest absolute Gasteiger partial charge is 0.490 e. The summed E-state index contributed by atoms with van der Waals surface area (Å²) >= 11 is 1.34. The maximum absolute atomic E-state index is 12.5. The van der Waals surface area contributed by atoms with Gasteiger partial charge < -0.3 is 9.15 Å². The Hall–Kier alpha value is -3.19. The SMILES string of the molecule is CCOc1cccc2cc(C(=O)Nc3nc(-c4ccccn4)cs3)oc12. The number of fused-ring (bicyclic) bond motifs is 1. The number of nitrogens with zero attached hydrogens (tertiary/aromatic N) is 2. The van der Waals surface area contributed by atoms with Crippen LogP contribution in [0.5, 0.6) is 5.75 Å². The van der Waals surface area contributed by atoms with Crippen LogP contribution in [0.3, 0.4) is 0 Å². The molecule has 0 saturated heterocycles. The molecule has 1 aromatic carbocycles. The molecular weight excluding hydrogens is 350 g/mol. The molecule has 1 amide bonds. The monoisotopic (exact) mass is 365 g/mol. The van der Waals surface area contributed by atoms with Gasteiger partial charge in [-0.05, 0) is 31.2 Å². The molecule has 6 nitrogen and oxygen atoms in total. The van der Waals surface area contributed by atoms with Crippen molar-refractivity contribution in [3.8, 4) is 17.1 Å². The van der Waals surface area contributed by atoms with Crippen molar-refractivity contribution < 1.29 is 13.9 Å². The first-order valence-electron chi connectivity index (χ1n) is 8.08. The van der Waals surface area contributed by atoms with E-state index < -0.39 is 0 Å². The second-order valence-corrected chi connectivity index (χ2v) is 6.28. The standard InChI is InChI=1S/C19H15N3O3S/c1-2-24-15-8-5-6-12-10-16(25-17(12)15)18(23)22-19-21-14(11-26-19)13-7-3-4-9-20-13/h3-11H,2H2,1H3,(H,21,22,23). The number of hydrogen-bond donors (Lipinski definition) is 1. The van der Waals surface area contributed by atoms with Gasteiger partial charge in [-0.3, -0.25) is 15.1 Å². The van der Waals surface area contributed by atoms with E-state index in [1.165, 1.54) is 11.3 Å². The molecule has 4 aromatic rings. The molecule has 1 N–H and O–H groups in total. The zero-order valence-electron chi connectivity index (χ0n) is 13.9. The molecule has 3 aromatic heterocycles. The van der Waals surface area contributed by atoms with Crippen LogP contribution in [-0.2, 0) is 0 Å². The quantitative estimate of drug-likeness (QED) is 0.559. The molecule has 0 aliphatic rings. The average molecular weight is 365 g/mol. The number of rotatable bonds is 5. The number of anilines is 1. The molecule has 7 heteroatoms. The Balaban J connectivity index is 1.56. The highest BCUT2D eigenvalue weighted by atomic mass is 32.1. The van der Waals surface area contributed by atoms with Gasteiger partial charge in [-0.1, -0.05) is 18.2 Å². The second-order valence-electron chi connectivity index (χ2n) is 5.43. The van der Waals surface area contributed by atoms with Crippen molar-refractivity contribution in [2.45, 2.75) is 6.92 Å². The lowest BCUT2D eigenvalue weighted by molar-refractivity contribution is 0.0998. The number of pyridine rings is 1. The Morgan fingerprint density at radius 1 is 1.23 bits per heavy atom. The van der Waals surface area contributed by atoms with Crippen molar-refractivity contribution in [3.63, 3.8) is 0 Å². The topological polar surface area (TPSA) is 77.2 Å². The van der Waals surface area contributed by atoms with Gasteiger partial charge in [0.15, 0.2) is 22.2 Å². The number of thiazole rings is 1. The molecule has 0 aliphatic carbocycles. The van der Waals surface area contributed by atoms with Crippen LogP contribution >= 0.6 is 11.3 Å². The highest BCUT2D eigenvalue weighted by Gasteiger charge is 2.16. The number of carbonyl (C=O) groups is 1. The molecule has 130 valence electrons. The van der Waals surface area contributed by atoms with Crippen LogP contribution in [-0.4, -0.2) is 22.5 Å². The van der Waals surface area contributed by atoms with Crippen LogP contribution in [0.15, 0.2) is 58.5 Å². The number of carbonyl (C=O) groups excluding carboxylic acids is 1. The Labute approximate surface area is 153 Å². The van der Waals surface area contributed by atoms with Crippen LogP contribution in [0.2, 0.25) is 0 Å². The van der Waals surface area contributed by atoms with E-state index in [1.54, 1.807) is 12.3 Å². The van der Waals surface area contributed by atoms with Crippen LogP contribution in [0.4, 0.5) is 5.13 Å². The predicted octanol–water partition coefficient (Wildman–Crippen LogP) is 4.60. The van der Waals surface area contributed by atoms with E-state index in [2.05, 4.69) is 15.3 Å². The first-order valence-corrected chi connectivity index (χ1v) is 8.96. The summed E-state index contributed by atoms with van der Waals surface area (Å²) in [7, 11) is 0. The first-order chi connectivity index (χ1) is 12.7. The number of benzene rings is 1. The van der Waals surface area contributed by atoms with Gasteiger partial charge in [0.2, 0.25) is 0 Å². The van der Waals surface area contributed by atoms with Gasteiger partial charge in [0.25, 0.3) is 5.91 Å². The molecular formula is C19H15N3O3S. The number of para-hydroxylation sites is 1. The summed E-state index contributed by atoms with van der Waals surface area (Å²) in [6.45, 7) is 2.42. The van der Waals surface area contributed by atoms with Crippen LogP contribution < -0.4 is 10.1 Å². The minimum atomic E-state index is -0.356. The smallest absolute Gasteiger partial charge is 0.293 e. The molecule has 0 saturated carbocycles. The normalized spacial score (nSPS) is 10.8. The lowest BCUT2D eigenvalue weighted by Crippen LogP contribution is -2.10. The zero-order valence-corrected chi connectivity index (χ0v) is 14.7. The van der Waals surface area contributed by atoms with E-state index in [0.717, 1.165) is 11.1 Å². The maximum Gasteiger partial charge on any atom is 0.293 e. The Bertz CT molecular complexity index is 1060. The maximum atomic E-state index is 12.5. The number of hydrogen-bond acceptors (Lipinski definition) is 6. The lowest BCUT2D eigenvalue weighted by atomic mass is 10.2. The summed E-state index contributed by atoms with van der Waals surface area (Å²) in [4.78, 5) is 21.2. The minimum Gasteiger partial charge on any atom is -0.490 e. The Morgan fingerprint density at radius 3 is 2.96 bits per heavy atom. The number of amides is 1. The summed E-state index contributed by atoms with van der Waals surface area (Å²) < 4.78 is 11.2. The summed E-state index contributed by atoms with van der Waals surface area (Å²) in [5.74, 6) is 0.475. The van der Waals surface area contributed by atoms with E-state index in [0.29, 0.717) is 28.8 Å². The van der Waals surface area contributed by atoms with Crippen molar-refractivity contribution in [1.82, 2.24) is 9.97 Å². The Morgan fingerprint density at radius 2 is 2.15 bits per heavy atom. The summed E-state index contributed by atoms with van der Waals surface area (Å²) in [6.07, 6.45) is 1.71. The average Bonchev–Trinajstić information content (AvgIpc) is 3.30. The van der Waals surface area contributed by atoms with Gasteiger partial charge in [0.1, 0.15) is 5.69 Å². The molecule has 0 fully saturated rings. The van der Waals surface area contributed by atoms with E-state index in [9.17, 15) is 4.79 Å². The number of furan rings is 1. The van der Waals surface area contributed by atoms with Gasteiger partial charge in [-0.2, -0.15) is 0 Å². The number of nitrogens with one attached hydrogen (secondary N) is 1. The fourth-order valence-electron chi connectivity index (χ4n) is 2.54. The Kier molecular flexibility index (Phi) is 4.37. The minimum absolute atomic E-state index is 0.210. The molecule has 3 heterocycles.